The first kappa shape index (κ1) is 12.1. The molecule has 0 radical (unpaired) electrons. The van der Waals surface area contributed by atoms with Gasteiger partial charge >= 0.3 is 0 Å². The fourth-order valence-corrected chi connectivity index (χ4v) is 2.14. The van der Waals surface area contributed by atoms with Crippen molar-refractivity contribution in [2.45, 2.75) is 32.3 Å². The number of nitrogen functional groups attached to an aromatic ring is 1. The van der Waals surface area contributed by atoms with Gasteiger partial charge in [0.25, 0.3) is 0 Å². The number of hydrogen-bond acceptors (Lipinski definition) is 5. The van der Waals surface area contributed by atoms with Gasteiger partial charge in [-0.15, -0.1) is 0 Å². The van der Waals surface area contributed by atoms with Gasteiger partial charge in [-0.3, -0.25) is 0 Å². The van der Waals surface area contributed by atoms with Crippen LogP contribution >= 0.6 is 0 Å². The summed E-state index contributed by atoms with van der Waals surface area (Å²) in [5.41, 5.74) is 6.82. The number of nitrogens with zero attached hydrogens (tertiary/aromatic N) is 3. The quantitative estimate of drug-likeness (QED) is 0.848. The fraction of sp³-hybridized carbons (Fsp3) is 0.667. The van der Waals surface area contributed by atoms with Gasteiger partial charge < -0.3 is 15.4 Å². The molecule has 2 heterocycles. The van der Waals surface area contributed by atoms with Crippen LogP contribution < -0.4 is 10.5 Å². The van der Waals surface area contributed by atoms with Gasteiger partial charge in [0.2, 0.25) is 5.88 Å². The molecule has 1 aromatic rings. The molecule has 2 N–H and O–H groups in total. The lowest BCUT2D eigenvalue weighted by molar-refractivity contribution is 0.198. The molecule has 0 spiro atoms. The average molecular weight is 236 g/mol. The SMILES string of the molecule is CCCc1c(N)ncnc1OC1CCN(C)C1. The standard InChI is InChI=1S/C12H20N4O/c1-3-4-10-11(13)14-8-15-12(10)17-9-5-6-16(2)7-9/h8-9H,3-7H2,1-2H3,(H2,13,14,15). The largest absolute Gasteiger partial charge is 0.473 e. The summed E-state index contributed by atoms with van der Waals surface area (Å²) in [5.74, 6) is 1.21. The molecule has 5 heteroatoms. The van der Waals surface area contributed by atoms with Crippen LogP contribution in [0.1, 0.15) is 25.3 Å². The maximum atomic E-state index is 5.94. The third kappa shape index (κ3) is 2.85. The van der Waals surface area contributed by atoms with E-state index in [1.807, 2.05) is 0 Å². The fourth-order valence-electron chi connectivity index (χ4n) is 2.14. The van der Waals surface area contributed by atoms with Crippen LogP contribution in [0.4, 0.5) is 5.82 Å². The lowest BCUT2D eigenvalue weighted by atomic mass is 10.2. The van der Waals surface area contributed by atoms with E-state index >= 15 is 0 Å². The zero-order chi connectivity index (χ0) is 12.3. The summed E-state index contributed by atoms with van der Waals surface area (Å²) in [6, 6.07) is 0. The smallest absolute Gasteiger partial charge is 0.222 e. The van der Waals surface area contributed by atoms with Crippen molar-refractivity contribution in [1.82, 2.24) is 14.9 Å². The molecule has 0 aliphatic carbocycles. The Morgan fingerprint density at radius 1 is 1.53 bits per heavy atom. The van der Waals surface area contributed by atoms with Gasteiger partial charge in [0.15, 0.2) is 0 Å². The summed E-state index contributed by atoms with van der Waals surface area (Å²) in [4.78, 5) is 10.5. The minimum absolute atomic E-state index is 0.227. The number of ether oxygens (including phenoxy) is 1. The van der Waals surface area contributed by atoms with Gasteiger partial charge in [-0.1, -0.05) is 13.3 Å². The van der Waals surface area contributed by atoms with Crippen LogP contribution in [0.3, 0.4) is 0 Å². The van der Waals surface area contributed by atoms with Crippen LogP contribution in [0.25, 0.3) is 0 Å². The highest BCUT2D eigenvalue weighted by Gasteiger charge is 2.23. The number of likely N-dealkylation sites (N-methyl/N-ethyl adjacent to an activating group) is 1. The van der Waals surface area contributed by atoms with Crippen LogP contribution in [-0.2, 0) is 6.42 Å². The van der Waals surface area contributed by atoms with Crippen molar-refractivity contribution in [2.24, 2.45) is 0 Å². The molecule has 0 saturated carbocycles. The molecule has 1 aromatic heterocycles. The molecule has 17 heavy (non-hydrogen) atoms. The van der Waals surface area contributed by atoms with Gasteiger partial charge in [-0.25, -0.2) is 9.97 Å². The number of likely N-dealkylation sites (tertiary alicyclic amines) is 1. The number of anilines is 1. The molecule has 1 aliphatic rings. The summed E-state index contributed by atoms with van der Waals surface area (Å²) < 4.78 is 5.94. The van der Waals surface area contributed by atoms with Crippen molar-refractivity contribution in [3.63, 3.8) is 0 Å². The molecule has 0 bridgehead atoms. The second-order valence-corrected chi connectivity index (χ2v) is 4.58. The molecule has 1 atom stereocenters. The monoisotopic (exact) mass is 236 g/mol. The predicted molar refractivity (Wildman–Crippen MR) is 67.0 cm³/mol. The van der Waals surface area contributed by atoms with E-state index in [-0.39, 0.29) is 6.10 Å². The van der Waals surface area contributed by atoms with E-state index in [4.69, 9.17) is 10.5 Å². The summed E-state index contributed by atoms with van der Waals surface area (Å²) in [6.07, 6.45) is 4.63. The van der Waals surface area contributed by atoms with Crippen LogP contribution in [0.5, 0.6) is 5.88 Å². The normalized spacial score (nSPS) is 20.7. The molecule has 1 aliphatic heterocycles. The number of aromatic nitrogens is 2. The van der Waals surface area contributed by atoms with E-state index in [1.165, 1.54) is 6.33 Å². The van der Waals surface area contributed by atoms with Crippen molar-refractivity contribution in [3.8, 4) is 5.88 Å². The van der Waals surface area contributed by atoms with Crippen LogP contribution in [-0.4, -0.2) is 41.1 Å². The van der Waals surface area contributed by atoms with Gasteiger partial charge in [-0.2, -0.15) is 0 Å². The van der Waals surface area contributed by atoms with Gasteiger partial charge in [0.1, 0.15) is 18.2 Å². The van der Waals surface area contributed by atoms with Crippen LogP contribution in [0.2, 0.25) is 0 Å². The second-order valence-electron chi connectivity index (χ2n) is 4.58. The summed E-state index contributed by atoms with van der Waals surface area (Å²) >= 11 is 0. The minimum atomic E-state index is 0.227. The number of nitrogens with two attached hydrogens (primary N) is 1. The average Bonchev–Trinajstić information content (AvgIpc) is 2.69. The molecule has 2 rings (SSSR count). The van der Waals surface area contributed by atoms with E-state index in [0.29, 0.717) is 11.7 Å². The van der Waals surface area contributed by atoms with Crippen molar-refractivity contribution < 1.29 is 4.74 Å². The first-order valence-electron chi connectivity index (χ1n) is 6.15. The van der Waals surface area contributed by atoms with Gasteiger partial charge in [0, 0.05) is 13.1 Å². The van der Waals surface area contributed by atoms with Crippen molar-refractivity contribution in [1.29, 1.82) is 0 Å². The van der Waals surface area contributed by atoms with Crippen LogP contribution in [0, 0.1) is 0 Å². The summed E-state index contributed by atoms with van der Waals surface area (Å²) in [7, 11) is 2.10. The molecule has 1 saturated heterocycles. The molecule has 94 valence electrons. The molecule has 1 unspecified atom stereocenters. The van der Waals surface area contributed by atoms with E-state index in [1.54, 1.807) is 0 Å². The summed E-state index contributed by atoms with van der Waals surface area (Å²) in [5, 5.41) is 0. The Balaban J connectivity index is 2.11. The topological polar surface area (TPSA) is 64.3 Å². The molecule has 0 aromatic carbocycles. The lowest BCUT2D eigenvalue weighted by Gasteiger charge is -2.16. The third-order valence-electron chi connectivity index (χ3n) is 3.07. The maximum Gasteiger partial charge on any atom is 0.222 e. The molecular formula is C12H20N4O. The van der Waals surface area contributed by atoms with E-state index in [0.717, 1.165) is 37.9 Å². The van der Waals surface area contributed by atoms with E-state index in [9.17, 15) is 0 Å². The van der Waals surface area contributed by atoms with Crippen molar-refractivity contribution in [3.05, 3.63) is 11.9 Å². The Morgan fingerprint density at radius 2 is 2.35 bits per heavy atom. The molecular weight excluding hydrogens is 216 g/mol. The van der Waals surface area contributed by atoms with E-state index < -0.39 is 0 Å². The predicted octanol–water partition coefficient (Wildman–Crippen LogP) is 1.09. The third-order valence-corrected chi connectivity index (χ3v) is 3.07. The zero-order valence-electron chi connectivity index (χ0n) is 10.5. The maximum absolute atomic E-state index is 5.94. The Kier molecular flexibility index (Phi) is 3.78. The van der Waals surface area contributed by atoms with Gasteiger partial charge in [0.05, 0.1) is 5.56 Å². The number of hydrogen-bond donors (Lipinski definition) is 1. The highest BCUT2D eigenvalue weighted by Crippen LogP contribution is 2.24. The molecule has 1 fully saturated rings. The van der Waals surface area contributed by atoms with Gasteiger partial charge in [-0.05, 0) is 19.9 Å². The second kappa shape index (κ2) is 5.31. The highest BCUT2D eigenvalue weighted by molar-refractivity contribution is 5.44. The summed E-state index contributed by atoms with van der Waals surface area (Å²) in [6.45, 7) is 4.14. The van der Waals surface area contributed by atoms with Crippen LogP contribution in [0.15, 0.2) is 6.33 Å². The Hall–Kier alpha value is -1.36. The Morgan fingerprint density at radius 3 is 3.00 bits per heavy atom. The molecule has 5 nitrogen and oxygen atoms in total. The highest BCUT2D eigenvalue weighted by atomic mass is 16.5. The van der Waals surface area contributed by atoms with Crippen molar-refractivity contribution >= 4 is 5.82 Å². The first-order chi connectivity index (χ1) is 8.20. The Labute approximate surface area is 102 Å². The minimum Gasteiger partial charge on any atom is -0.473 e. The number of rotatable bonds is 4. The van der Waals surface area contributed by atoms with Crippen molar-refractivity contribution in [2.75, 3.05) is 25.9 Å². The Bertz CT molecular complexity index is 383. The lowest BCUT2D eigenvalue weighted by Crippen LogP contribution is -2.22. The molecule has 0 amide bonds. The van der Waals surface area contributed by atoms with E-state index in [2.05, 4.69) is 28.8 Å². The zero-order valence-corrected chi connectivity index (χ0v) is 10.5. The first-order valence-corrected chi connectivity index (χ1v) is 6.15.